The van der Waals surface area contributed by atoms with Crippen molar-refractivity contribution in [2.45, 2.75) is 17.9 Å². The number of hydrogen-bond donors (Lipinski definition) is 2. The van der Waals surface area contributed by atoms with Gasteiger partial charge in [-0.05, 0) is 19.1 Å². The van der Waals surface area contributed by atoms with Crippen molar-refractivity contribution in [3.8, 4) is 0 Å². The second-order valence-corrected chi connectivity index (χ2v) is 6.21. The molecular formula is C12H14F2N4O2S. The highest BCUT2D eigenvalue weighted by Crippen LogP contribution is 2.23. The average Bonchev–Trinajstić information content (AvgIpc) is 2.68. The molecule has 1 atom stereocenters. The Kier molecular flexibility index (Phi) is 3.97. The molecular weight excluding hydrogens is 302 g/mol. The van der Waals surface area contributed by atoms with Gasteiger partial charge in [0, 0.05) is 24.8 Å². The summed E-state index contributed by atoms with van der Waals surface area (Å²) in [4.78, 5) is -0.242. The average molecular weight is 316 g/mol. The molecule has 0 aliphatic carbocycles. The predicted octanol–water partition coefficient (Wildman–Crippen LogP) is 1.32. The first-order chi connectivity index (χ1) is 9.72. The van der Waals surface area contributed by atoms with Crippen molar-refractivity contribution >= 4 is 15.8 Å². The SMILES string of the molecule is CC(NS(=O)(=O)c1cn(C)nc1N)c1c(F)cccc1F. The van der Waals surface area contributed by atoms with Crippen molar-refractivity contribution < 1.29 is 17.2 Å². The van der Waals surface area contributed by atoms with Gasteiger partial charge in [0.25, 0.3) is 0 Å². The lowest BCUT2D eigenvalue weighted by Crippen LogP contribution is -2.28. The lowest BCUT2D eigenvalue weighted by molar-refractivity contribution is 0.515. The van der Waals surface area contributed by atoms with E-state index in [1.165, 1.54) is 30.9 Å². The molecule has 1 heterocycles. The summed E-state index contributed by atoms with van der Waals surface area (Å²) < 4.78 is 55.1. The third-order valence-electron chi connectivity index (χ3n) is 2.88. The molecule has 1 aromatic heterocycles. The van der Waals surface area contributed by atoms with Gasteiger partial charge in [-0.25, -0.2) is 21.9 Å². The molecule has 0 spiro atoms. The number of nitrogen functional groups attached to an aromatic ring is 1. The standard InChI is InChI=1S/C12H14F2N4O2S/c1-7(11-8(13)4-3-5-9(11)14)17-21(19,20)10-6-18(2)16-12(10)15/h3-7,17H,1-2H3,(H2,15,16). The number of aryl methyl sites for hydroxylation is 1. The molecule has 0 aliphatic heterocycles. The Labute approximate surface area is 120 Å². The van der Waals surface area contributed by atoms with E-state index < -0.39 is 27.7 Å². The van der Waals surface area contributed by atoms with E-state index in [1.54, 1.807) is 0 Å². The van der Waals surface area contributed by atoms with Gasteiger partial charge in [0.05, 0.1) is 0 Å². The number of nitrogens with zero attached hydrogens (tertiary/aromatic N) is 2. The number of hydrogen-bond acceptors (Lipinski definition) is 4. The zero-order valence-corrected chi connectivity index (χ0v) is 12.2. The smallest absolute Gasteiger partial charge is 0.246 e. The molecule has 3 N–H and O–H groups in total. The van der Waals surface area contributed by atoms with Crippen LogP contribution in [0.1, 0.15) is 18.5 Å². The quantitative estimate of drug-likeness (QED) is 0.890. The second kappa shape index (κ2) is 5.41. The summed E-state index contributed by atoms with van der Waals surface area (Å²) in [5, 5.41) is 3.72. The fourth-order valence-electron chi connectivity index (χ4n) is 1.97. The molecule has 0 aliphatic rings. The van der Waals surface area contributed by atoms with Gasteiger partial charge in [-0.15, -0.1) is 0 Å². The highest BCUT2D eigenvalue weighted by atomic mass is 32.2. The molecule has 0 bridgehead atoms. The number of rotatable bonds is 4. The van der Waals surface area contributed by atoms with E-state index in [0.717, 1.165) is 12.1 Å². The molecule has 2 rings (SSSR count). The van der Waals surface area contributed by atoms with Gasteiger partial charge >= 0.3 is 0 Å². The zero-order chi connectivity index (χ0) is 15.8. The summed E-state index contributed by atoms with van der Waals surface area (Å²) in [6.45, 7) is 1.34. The Morgan fingerprint density at radius 1 is 1.33 bits per heavy atom. The van der Waals surface area contributed by atoms with Crippen LogP contribution in [0.15, 0.2) is 29.3 Å². The monoisotopic (exact) mass is 316 g/mol. The molecule has 1 aromatic carbocycles. The van der Waals surface area contributed by atoms with E-state index in [1.807, 2.05) is 0 Å². The Morgan fingerprint density at radius 3 is 2.38 bits per heavy atom. The number of aromatic nitrogens is 2. The van der Waals surface area contributed by atoms with E-state index in [9.17, 15) is 17.2 Å². The number of sulfonamides is 1. The van der Waals surface area contributed by atoms with Crippen LogP contribution in [0.3, 0.4) is 0 Å². The number of nitrogens with two attached hydrogens (primary N) is 1. The van der Waals surface area contributed by atoms with Crippen molar-refractivity contribution in [3.63, 3.8) is 0 Å². The molecule has 0 amide bonds. The van der Waals surface area contributed by atoms with Gasteiger partial charge < -0.3 is 5.73 Å². The Balaban J connectivity index is 2.35. The topological polar surface area (TPSA) is 90.0 Å². The lowest BCUT2D eigenvalue weighted by Gasteiger charge is -2.15. The van der Waals surface area contributed by atoms with Crippen LogP contribution in [0.4, 0.5) is 14.6 Å². The van der Waals surface area contributed by atoms with Gasteiger partial charge in [0.1, 0.15) is 16.5 Å². The summed E-state index contributed by atoms with van der Waals surface area (Å²) in [5.41, 5.74) is 5.14. The zero-order valence-electron chi connectivity index (χ0n) is 11.3. The van der Waals surface area contributed by atoms with E-state index in [-0.39, 0.29) is 16.3 Å². The Bertz CT molecular complexity index is 753. The van der Waals surface area contributed by atoms with Crippen LogP contribution in [0, 0.1) is 11.6 Å². The highest BCUT2D eigenvalue weighted by Gasteiger charge is 2.26. The van der Waals surface area contributed by atoms with Gasteiger partial charge in [0.2, 0.25) is 10.0 Å². The van der Waals surface area contributed by atoms with Crippen molar-refractivity contribution in [1.82, 2.24) is 14.5 Å². The van der Waals surface area contributed by atoms with E-state index in [0.29, 0.717) is 0 Å². The fourth-order valence-corrected chi connectivity index (χ4v) is 3.29. The van der Waals surface area contributed by atoms with Crippen LogP contribution in [0.2, 0.25) is 0 Å². The maximum atomic E-state index is 13.6. The van der Waals surface area contributed by atoms with E-state index in [2.05, 4.69) is 9.82 Å². The Hall–Kier alpha value is -2.00. The third-order valence-corrected chi connectivity index (χ3v) is 4.43. The summed E-state index contributed by atoms with van der Waals surface area (Å²) in [7, 11) is -2.53. The molecule has 6 nitrogen and oxygen atoms in total. The third kappa shape index (κ3) is 3.03. The minimum absolute atomic E-state index is 0.189. The minimum atomic E-state index is -4.04. The van der Waals surface area contributed by atoms with Crippen molar-refractivity contribution in [3.05, 3.63) is 41.6 Å². The molecule has 9 heteroatoms. The maximum Gasteiger partial charge on any atom is 0.246 e. The van der Waals surface area contributed by atoms with E-state index in [4.69, 9.17) is 5.73 Å². The molecule has 0 saturated carbocycles. The van der Waals surface area contributed by atoms with Gasteiger partial charge in [-0.2, -0.15) is 5.10 Å². The number of benzene rings is 1. The summed E-state index contributed by atoms with van der Waals surface area (Å²) in [6, 6.07) is 2.22. The Morgan fingerprint density at radius 2 is 1.90 bits per heavy atom. The van der Waals surface area contributed by atoms with Gasteiger partial charge in [-0.1, -0.05) is 6.07 Å². The molecule has 0 saturated heterocycles. The fraction of sp³-hybridized carbons (Fsp3) is 0.250. The van der Waals surface area contributed by atoms with Crippen LogP contribution in [-0.4, -0.2) is 18.2 Å². The molecule has 0 radical (unpaired) electrons. The van der Waals surface area contributed by atoms with Crippen molar-refractivity contribution in [2.24, 2.45) is 7.05 Å². The predicted molar refractivity (Wildman–Crippen MR) is 72.7 cm³/mol. The largest absolute Gasteiger partial charge is 0.381 e. The first kappa shape index (κ1) is 15.4. The summed E-state index contributed by atoms with van der Waals surface area (Å²) >= 11 is 0. The van der Waals surface area contributed by atoms with Crippen LogP contribution in [0.25, 0.3) is 0 Å². The first-order valence-electron chi connectivity index (χ1n) is 5.97. The van der Waals surface area contributed by atoms with Gasteiger partial charge in [-0.3, -0.25) is 4.68 Å². The van der Waals surface area contributed by atoms with Crippen molar-refractivity contribution in [1.29, 1.82) is 0 Å². The molecule has 21 heavy (non-hydrogen) atoms. The molecule has 1 unspecified atom stereocenters. The minimum Gasteiger partial charge on any atom is -0.381 e. The first-order valence-corrected chi connectivity index (χ1v) is 7.46. The highest BCUT2D eigenvalue weighted by molar-refractivity contribution is 7.89. The second-order valence-electron chi connectivity index (χ2n) is 4.53. The van der Waals surface area contributed by atoms with Crippen LogP contribution in [0.5, 0.6) is 0 Å². The maximum absolute atomic E-state index is 13.6. The summed E-state index contributed by atoms with van der Waals surface area (Å²) in [5.74, 6) is -1.85. The van der Waals surface area contributed by atoms with Crippen molar-refractivity contribution in [2.75, 3.05) is 5.73 Å². The van der Waals surface area contributed by atoms with Crippen LogP contribution >= 0.6 is 0 Å². The molecule has 0 fully saturated rings. The number of halogens is 2. The lowest BCUT2D eigenvalue weighted by atomic mass is 10.1. The molecule has 114 valence electrons. The summed E-state index contributed by atoms with van der Waals surface area (Å²) in [6.07, 6.45) is 1.21. The number of anilines is 1. The number of nitrogens with one attached hydrogen (secondary N) is 1. The van der Waals surface area contributed by atoms with E-state index >= 15 is 0 Å². The molecule has 2 aromatic rings. The van der Waals surface area contributed by atoms with Crippen LogP contribution in [-0.2, 0) is 17.1 Å². The normalized spacial score (nSPS) is 13.3. The van der Waals surface area contributed by atoms with Crippen LogP contribution < -0.4 is 10.5 Å². The van der Waals surface area contributed by atoms with Gasteiger partial charge in [0.15, 0.2) is 5.82 Å².